The number of benzene rings is 2. The van der Waals surface area contributed by atoms with Crippen LogP contribution in [0.25, 0.3) is 10.9 Å². The van der Waals surface area contributed by atoms with Gasteiger partial charge in [-0.3, -0.25) is 9.54 Å². The number of rotatable bonds is 4. The van der Waals surface area contributed by atoms with Gasteiger partial charge >= 0.3 is 16.4 Å². The molecule has 0 saturated carbocycles. The van der Waals surface area contributed by atoms with Crippen LogP contribution in [0.5, 0.6) is 11.5 Å². The molecule has 136 valence electrons. The van der Waals surface area contributed by atoms with E-state index in [2.05, 4.69) is 9.17 Å². The maximum atomic E-state index is 10.6. The number of carbonyl (C=O) groups is 1. The topological polar surface area (TPSA) is 123 Å². The van der Waals surface area contributed by atoms with E-state index in [1.807, 2.05) is 30.3 Å². The van der Waals surface area contributed by atoms with Gasteiger partial charge in [0.25, 0.3) is 0 Å². The molecule has 2 N–H and O–H groups in total. The SMILES string of the molecule is COc1ccc2ncccc2c1.O=C(O)c1ccccc1OS(=O)(=O)O. The number of para-hydroxylation sites is 1. The summed E-state index contributed by atoms with van der Waals surface area (Å²) in [6.45, 7) is 0. The maximum absolute atomic E-state index is 10.6. The van der Waals surface area contributed by atoms with E-state index in [0.717, 1.165) is 28.8 Å². The van der Waals surface area contributed by atoms with Crippen LogP contribution in [0.2, 0.25) is 0 Å². The van der Waals surface area contributed by atoms with Gasteiger partial charge in [-0.05, 0) is 36.4 Å². The second kappa shape index (κ2) is 8.28. The summed E-state index contributed by atoms with van der Waals surface area (Å²) in [4.78, 5) is 14.8. The highest BCUT2D eigenvalue weighted by atomic mass is 32.3. The number of ether oxygens (including phenoxy) is 1. The summed E-state index contributed by atoms with van der Waals surface area (Å²) in [7, 11) is -3.03. The van der Waals surface area contributed by atoms with Gasteiger partial charge in [0, 0.05) is 11.6 Å². The molecule has 3 rings (SSSR count). The summed E-state index contributed by atoms with van der Waals surface area (Å²) in [5, 5.41) is 9.71. The zero-order chi connectivity index (χ0) is 19.2. The molecule has 0 bridgehead atoms. The molecule has 0 atom stereocenters. The lowest BCUT2D eigenvalue weighted by Gasteiger charge is -2.03. The Balaban J connectivity index is 0.000000189. The first-order chi connectivity index (χ1) is 12.3. The Labute approximate surface area is 149 Å². The number of aromatic nitrogens is 1. The minimum Gasteiger partial charge on any atom is -0.497 e. The molecule has 0 aliphatic heterocycles. The minimum atomic E-state index is -4.70. The smallest absolute Gasteiger partial charge is 0.446 e. The molecule has 3 aromatic rings. The highest BCUT2D eigenvalue weighted by Gasteiger charge is 2.15. The molecule has 0 radical (unpaired) electrons. The lowest BCUT2D eigenvalue weighted by Crippen LogP contribution is -2.10. The lowest BCUT2D eigenvalue weighted by atomic mass is 10.2. The molecule has 8 nitrogen and oxygen atoms in total. The first-order valence-electron chi connectivity index (χ1n) is 7.18. The highest BCUT2D eigenvalue weighted by Crippen LogP contribution is 2.19. The predicted molar refractivity (Wildman–Crippen MR) is 93.9 cm³/mol. The summed E-state index contributed by atoms with van der Waals surface area (Å²) < 4.78 is 38.1. The molecule has 9 heteroatoms. The molecule has 0 fully saturated rings. The van der Waals surface area contributed by atoms with Gasteiger partial charge in [-0.1, -0.05) is 18.2 Å². The quantitative estimate of drug-likeness (QED) is 0.665. The van der Waals surface area contributed by atoms with Crippen molar-refractivity contribution in [3.05, 3.63) is 66.4 Å². The molecular formula is C17H15NO7S. The van der Waals surface area contributed by atoms with Gasteiger partial charge in [0.2, 0.25) is 0 Å². The van der Waals surface area contributed by atoms with Gasteiger partial charge in [-0.15, -0.1) is 0 Å². The zero-order valence-electron chi connectivity index (χ0n) is 13.6. The van der Waals surface area contributed by atoms with Crippen LogP contribution >= 0.6 is 0 Å². The van der Waals surface area contributed by atoms with E-state index >= 15 is 0 Å². The lowest BCUT2D eigenvalue weighted by molar-refractivity contribution is 0.0695. The number of fused-ring (bicyclic) bond motifs is 1. The van der Waals surface area contributed by atoms with Crippen molar-refractivity contribution in [2.45, 2.75) is 0 Å². The van der Waals surface area contributed by atoms with Crippen molar-refractivity contribution in [1.82, 2.24) is 4.98 Å². The second-order valence-corrected chi connectivity index (χ2v) is 5.90. The van der Waals surface area contributed by atoms with E-state index < -0.39 is 22.1 Å². The molecule has 0 spiro atoms. The summed E-state index contributed by atoms with van der Waals surface area (Å²) >= 11 is 0. The number of pyridine rings is 1. The average Bonchev–Trinajstić information content (AvgIpc) is 2.60. The number of aromatic carboxylic acids is 1. The van der Waals surface area contributed by atoms with Crippen LogP contribution in [0.1, 0.15) is 10.4 Å². The summed E-state index contributed by atoms with van der Waals surface area (Å²) in [5.41, 5.74) is 0.656. The first-order valence-corrected chi connectivity index (χ1v) is 8.54. The van der Waals surface area contributed by atoms with E-state index in [1.165, 1.54) is 12.1 Å². The van der Waals surface area contributed by atoms with Gasteiger partial charge in [0.1, 0.15) is 11.3 Å². The molecule has 2 aromatic carbocycles. The molecule has 0 amide bonds. The van der Waals surface area contributed by atoms with Crippen LogP contribution < -0.4 is 8.92 Å². The van der Waals surface area contributed by atoms with Crippen LogP contribution in [-0.2, 0) is 10.4 Å². The minimum absolute atomic E-state index is 0.342. The van der Waals surface area contributed by atoms with Crippen molar-refractivity contribution in [3.8, 4) is 11.5 Å². The third-order valence-corrected chi connectivity index (χ3v) is 3.51. The number of nitrogens with zero attached hydrogens (tertiary/aromatic N) is 1. The largest absolute Gasteiger partial charge is 0.497 e. The van der Waals surface area contributed by atoms with Crippen LogP contribution in [0, 0.1) is 0 Å². The molecule has 0 aliphatic carbocycles. The molecular weight excluding hydrogens is 362 g/mol. The summed E-state index contributed by atoms with van der Waals surface area (Å²) in [5.74, 6) is -0.901. The van der Waals surface area contributed by atoms with Crippen molar-refractivity contribution >= 4 is 27.3 Å². The number of hydrogen-bond acceptors (Lipinski definition) is 6. The Kier molecular flexibility index (Phi) is 6.10. The van der Waals surface area contributed by atoms with Crippen molar-refractivity contribution in [3.63, 3.8) is 0 Å². The Bertz CT molecular complexity index is 1020. The third-order valence-electron chi connectivity index (χ3n) is 3.12. The Morgan fingerprint density at radius 2 is 1.81 bits per heavy atom. The van der Waals surface area contributed by atoms with Crippen molar-refractivity contribution < 1.29 is 31.8 Å². The third kappa shape index (κ3) is 5.43. The number of carboxylic acids is 1. The Hall–Kier alpha value is -3.17. The van der Waals surface area contributed by atoms with Crippen LogP contribution in [0.3, 0.4) is 0 Å². The molecule has 26 heavy (non-hydrogen) atoms. The van der Waals surface area contributed by atoms with Crippen LogP contribution in [-0.4, -0.2) is 36.1 Å². The van der Waals surface area contributed by atoms with Gasteiger partial charge in [-0.2, -0.15) is 8.42 Å². The standard InChI is InChI=1S/C10H9NO.C7H6O6S/c1-12-9-4-5-10-8(7-9)3-2-6-11-10;8-7(9)5-3-1-2-4-6(5)13-14(10,11)12/h2-7H,1H3;1-4H,(H,8,9)(H,10,11,12). The number of methoxy groups -OCH3 is 1. The highest BCUT2D eigenvalue weighted by molar-refractivity contribution is 7.81. The number of hydrogen-bond donors (Lipinski definition) is 2. The predicted octanol–water partition coefficient (Wildman–Crippen LogP) is 2.81. The van der Waals surface area contributed by atoms with Crippen molar-refractivity contribution in [2.75, 3.05) is 7.11 Å². The van der Waals surface area contributed by atoms with Crippen LogP contribution in [0.4, 0.5) is 0 Å². The van der Waals surface area contributed by atoms with Gasteiger partial charge in [0.05, 0.1) is 12.6 Å². The van der Waals surface area contributed by atoms with Gasteiger partial charge in [0.15, 0.2) is 5.75 Å². The van der Waals surface area contributed by atoms with E-state index in [1.54, 1.807) is 13.3 Å². The maximum Gasteiger partial charge on any atom is 0.446 e. The van der Waals surface area contributed by atoms with E-state index in [4.69, 9.17) is 14.4 Å². The first kappa shape index (κ1) is 19.2. The van der Waals surface area contributed by atoms with Gasteiger partial charge < -0.3 is 14.0 Å². The van der Waals surface area contributed by atoms with Crippen molar-refractivity contribution in [2.24, 2.45) is 0 Å². The molecule has 0 unspecified atom stereocenters. The van der Waals surface area contributed by atoms with Crippen molar-refractivity contribution in [1.29, 1.82) is 0 Å². The second-order valence-electron chi connectivity index (χ2n) is 4.87. The fraction of sp³-hybridized carbons (Fsp3) is 0.0588. The Morgan fingerprint density at radius 3 is 2.46 bits per heavy atom. The molecule has 0 aliphatic rings. The van der Waals surface area contributed by atoms with Gasteiger partial charge in [-0.25, -0.2) is 4.79 Å². The van der Waals surface area contributed by atoms with E-state index in [-0.39, 0.29) is 5.56 Å². The Morgan fingerprint density at radius 1 is 1.08 bits per heavy atom. The van der Waals surface area contributed by atoms with E-state index in [0.29, 0.717) is 0 Å². The number of carboxylic acid groups (broad SMARTS) is 1. The molecule has 1 aromatic heterocycles. The molecule has 0 saturated heterocycles. The normalized spacial score (nSPS) is 10.5. The van der Waals surface area contributed by atoms with E-state index in [9.17, 15) is 13.2 Å². The fourth-order valence-corrected chi connectivity index (χ4v) is 2.38. The molecule has 1 heterocycles. The summed E-state index contributed by atoms with van der Waals surface area (Å²) in [6.07, 6.45) is 1.79. The zero-order valence-corrected chi connectivity index (χ0v) is 14.4. The monoisotopic (exact) mass is 377 g/mol. The van der Waals surface area contributed by atoms with Crippen LogP contribution in [0.15, 0.2) is 60.8 Å². The average molecular weight is 377 g/mol. The fourth-order valence-electron chi connectivity index (χ4n) is 2.01. The summed E-state index contributed by atoms with van der Waals surface area (Å²) in [6, 6.07) is 14.8.